The number of nitrogens with one attached hydrogen (secondary N) is 1. The van der Waals surface area contributed by atoms with Crippen molar-refractivity contribution in [1.29, 1.82) is 0 Å². The fourth-order valence-corrected chi connectivity index (χ4v) is 4.58. The average molecular weight is 488 g/mol. The Morgan fingerprint density at radius 1 is 1.03 bits per heavy atom. The Morgan fingerprint density at radius 3 is 2.15 bits per heavy atom. The van der Waals surface area contributed by atoms with Gasteiger partial charge >= 0.3 is 0 Å². The Balaban J connectivity index is 1.75. The molecule has 0 bridgehead atoms. The molecule has 34 heavy (non-hydrogen) atoms. The van der Waals surface area contributed by atoms with E-state index in [9.17, 15) is 18.0 Å². The molecular formula is C25H33N3O5S. The number of benzene rings is 2. The molecule has 9 heteroatoms. The molecule has 2 atom stereocenters. The smallest absolute Gasteiger partial charge is 0.242 e. The van der Waals surface area contributed by atoms with Crippen molar-refractivity contribution in [3.63, 3.8) is 0 Å². The van der Waals surface area contributed by atoms with Crippen LogP contribution in [-0.2, 0) is 37.4 Å². The molecule has 1 N–H and O–H groups in total. The summed E-state index contributed by atoms with van der Waals surface area (Å²) < 4.78 is 31.6. The average Bonchev–Trinajstić information content (AvgIpc) is 3.34. The quantitative estimate of drug-likeness (QED) is 0.524. The summed E-state index contributed by atoms with van der Waals surface area (Å²) in [6, 6.07) is 17.7. The van der Waals surface area contributed by atoms with Crippen molar-refractivity contribution in [2.45, 2.75) is 45.0 Å². The van der Waals surface area contributed by atoms with Crippen LogP contribution in [0.1, 0.15) is 30.9 Å². The summed E-state index contributed by atoms with van der Waals surface area (Å²) >= 11 is 0. The number of amides is 2. The van der Waals surface area contributed by atoms with Crippen molar-refractivity contribution in [1.82, 2.24) is 14.5 Å². The molecule has 2 aromatic carbocycles. The van der Waals surface area contributed by atoms with Crippen molar-refractivity contribution >= 4 is 21.8 Å². The SMILES string of the molecule is C[C@@H](C(=O)NC[C@@H]1CCCO1)N(Cc1ccccc1)C(=O)CN(Cc1ccccc1)S(C)(=O)=O. The third-order valence-corrected chi connectivity index (χ3v) is 7.07. The topological polar surface area (TPSA) is 96.0 Å². The van der Waals surface area contributed by atoms with Gasteiger partial charge in [-0.2, -0.15) is 4.31 Å². The van der Waals surface area contributed by atoms with Crippen molar-refractivity contribution < 1.29 is 22.7 Å². The first kappa shape index (κ1) is 25.9. The highest BCUT2D eigenvalue weighted by molar-refractivity contribution is 7.88. The minimum Gasteiger partial charge on any atom is -0.376 e. The number of hydrogen-bond donors (Lipinski definition) is 1. The number of hydrogen-bond acceptors (Lipinski definition) is 5. The lowest BCUT2D eigenvalue weighted by Crippen LogP contribution is -2.51. The maximum absolute atomic E-state index is 13.4. The lowest BCUT2D eigenvalue weighted by atomic mass is 10.1. The highest BCUT2D eigenvalue weighted by Gasteiger charge is 2.30. The van der Waals surface area contributed by atoms with Crippen molar-refractivity contribution in [2.24, 2.45) is 0 Å². The summed E-state index contributed by atoms with van der Waals surface area (Å²) in [6.07, 6.45) is 2.94. The molecule has 1 fully saturated rings. The van der Waals surface area contributed by atoms with Crippen LogP contribution < -0.4 is 5.32 Å². The Bertz CT molecular complexity index is 1040. The van der Waals surface area contributed by atoms with Gasteiger partial charge in [0.1, 0.15) is 6.04 Å². The van der Waals surface area contributed by atoms with E-state index in [0.717, 1.165) is 34.5 Å². The van der Waals surface area contributed by atoms with Crippen LogP contribution in [0.4, 0.5) is 0 Å². The van der Waals surface area contributed by atoms with E-state index in [-0.39, 0.29) is 31.6 Å². The Morgan fingerprint density at radius 2 is 1.62 bits per heavy atom. The summed E-state index contributed by atoms with van der Waals surface area (Å²) in [6.45, 7) is 2.65. The molecule has 1 aliphatic rings. The van der Waals surface area contributed by atoms with E-state index in [1.165, 1.54) is 4.90 Å². The second-order valence-electron chi connectivity index (χ2n) is 8.58. The van der Waals surface area contributed by atoms with Gasteiger partial charge in [0.2, 0.25) is 21.8 Å². The zero-order valence-electron chi connectivity index (χ0n) is 19.7. The van der Waals surface area contributed by atoms with E-state index < -0.39 is 22.0 Å². The number of carbonyl (C=O) groups excluding carboxylic acids is 2. The first-order valence-electron chi connectivity index (χ1n) is 11.5. The number of rotatable bonds is 11. The van der Waals surface area contributed by atoms with Crippen LogP contribution in [0.15, 0.2) is 60.7 Å². The molecule has 2 aromatic rings. The monoisotopic (exact) mass is 487 g/mol. The van der Waals surface area contributed by atoms with E-state index in [4.69, 9.17) is 4.74 Å². The summed E-state index contributed by atoms with van der Waals surface area (Å²) in [7, 11) is -3.66. The molecular weight excluding hydrogens is 454 g/mol. The van der Waals surface area contributed by atoms with Crippen LogP contribution >= 0.6 is 0 Å². The molecule has 184 valence electrons. The van der Waals surface area contributed by atoms with Crippen molar-refractivity contribution in [3.8, 4) is 0 Å². The molecule has 1 saturated heterocycles. The third-order valence-electron chi connectivity index (χ3n) is 5.87. The zero-order valence-corrected chi connectivity index (χ0v) is 20.5. The van der Waals surface area contributed by atoms with Gasteiger partial charge in [0.25, 0.3) is 0 Å². The maximum Gasteiger partial charge on any atom is 0.242 e. The van der Waals surface area contributed by atoms with Gasteiger partial charge < -0.3 is 15.0 Å². The van der Waals surface area contributed by atoms with Crippen LogP contribution in [0.2, 0.25) is 0 Å². The lowest BCUT2D eigenvalue weighted by Gasteiger charge is -2.31. The molecule has 0 radical (unpaired) electrons. The first-order chi connectivity index (χ1) is 16.2. The Kier molecular flexibility index (Phi) is 9.20. The summed E-state index contributed by atoms with van der Waals surface area (Å²) in [5.41, 5.74) is 1.63. The second kappa shape index (κ2) is 12.1. The van der Waals surface area contributed by atoms with Gasteiger partial charge in [-0.1, -0.05) is 60.7 Å². The molecule has 0 unspecified atom stereocenters. The number of carbonyl (C=O) groups is 2. The fourth-order valence-electron chi connectivity index (χ4n) is 3.85. The zero-order chi connectivity index (χ0) is 24.6. The number of nitrogens with zero attached hydrogens (tertiary/aromatic N) is 2. The number of ether oxygens (including phenoxy) is 1. The first-order valence-corrected chi connectivity index (χ1v) is 13.3. The van der Waals surface area contributed by atoms with Gasteiger partial charge in [-0.3, -0.25) is 9.59 Å². The van der Waals surface area contributed by atoms with Crippen LogP contribution in [0, 0.1) is 0 Å². The third kappa shape index (κ3) is 7.65. The Hall–Kier alpha value is -2.75. The van der Waals surface area contributed by atoms with Gasteiger partial charge in [0.05, 0.1) is 18.9 Å². The van der Waals surface area contributed by atoms with Gasteiger partial charge in [0.15, 0.2) is 0 Å². The highest BCUT2D eigenvalue weighted by atomic mass is 32.2. The van der Waals surface area contributed by atoms with E-state index >= 15 is 0 Å². The predicted octanol–water partition coefficient (Wildman–Crippen LogP) is 2.16. The van der Waals surface area contributed by atoms with E-state index in [1.54, 1.807) is 6.92 Å². The molecule has 1 aliphatic heterocycles. The normalized spacial score (nSPS) is 16.9. The van der Waals surface area contributed by atoms with Crippen molar-refractivity contribution in [3.05, 3.63) is 71.8 Å². The van der Waals surface area contributed by atoms with Crippen molar-refractivity contribution in [2.75, 3.05) is 26.0 Å². The van der Waals surface area contributed by atoms with Crippen LogP contribution in [0.25, 0.3) is 0 Å². The summed E-state index contributed by atoms with van der Waals surface area (Å²) in [5, 5.41) is 2.88. The summed E-state index contributed by atoms with van der Waals surface area (Å²) in [4.78, 5) is 27.8. The molecule has 0 aliphatic carbocycles. The maximum atomic E-state index is 13.4. The van der Waals surface area contributed by atoms with Gasteiger partial charge in [0, 0.05) is 26.2 Å². The molecule has 8 nitrogen and oxygen atoms in total. The molecule has 0 saturated carbocycles. The van der Waals surface area contributed by atoms with Crippen LogP contribution in [0.3, 0.4) is 0 Å². The minimum absolute atomic E-state index is 0.0129. The molecule has 1 heterocycles. The van der Waals surface area contributed by atoms with E-state index in [2.05, 4.69) is 5.32 Å². The Labute approximate surface area is 201 Å². The largest absolute Gasteiger partial charge is 0.376 e. The molecule has 2 amide bonds. The predicted molar refractivity (Wildman–Crippen MR) is 130 cm³/mol. The minimum atomic E-state index is -3.66. The second-order valence-corrected chi connectivity index (χ2v) is 10.6. The molecule has 0 spiro atoms. The lowest BCUT2D eigenvalue weighted by molar-refractivity contribution is -0.141. The van der Waals surface area contributed by atoms with Gasteiger partial charge in [-0.15, -0.1) is 0 Å². The fraction of sp³-hybridized carbons (Fsp3) is 0.440. The summed E-state index contributed by atoms with van der Waals surface area (Å²) in [5.74, 6) is -0.737. The van der Waals surface area contributed by atoms with Crippen LogP contribution in [-0.4, -0.2) is 67.5 Å². The standard InChI is InChI=1S/C25H33N3O5S/c1-20(25(30)26-16-23-14-9-15-33-23)28(18-22-12-7-4-8-13-22)24(29)19-27(34(2,31)32)17-21-10-5-3-6-11-21/h3-8,10-13,20,23H,9,14-19H2,1-2H3,(H,26,30)/t20-,23-/m0/s1. The van der Waals surface area contributed by atoms with Gasteiger partial charge in [-0.25, -0.2) is 8.42 Å². The molecule has 0 aromatic heterocycles. The number of sulfonamides is 1. The highest BCUT2D eigenvalue weighted by Crippen LogP contribution is 2.14. The van der Waals surface area contributed by atoms with E-state index in [0.29, 0.717) is 13.2 Å². The van der Waals surface area contributed by atoms with Crippen LogP contribution in [0.5, 0.6) is 0 Å². The molecule has 3 rings (SSSR count). The van der Waals surface area contributed by atoms with E-state index in [1.807, 2.05) is 60.7 Å². The van der Waals surface area contributed by atoms with Gasteiger partial charge in [-0.05, 0) is 30.9 Å².